The normalized spacial score (nSPS) is 20.8. The van der Waals surface area contributed by atoms with Crippen molar-refractivity contribution < 1.29 is 19.4 Å². The molecule has 0 unspecified atom stereocenters. The molecule has 1 aliphatic carbocycles. The Morgan fingerprint density at radius 3 is 2.21 bits per heavy atom. The summed E-state index contributed by atoms with van der Waals surface area (Å²) in [5, 5.41) is 9.14. The van der Waals surface area contributed by atoms with Gasteiger partial charge in [0.15, 0.2) is 0 Å². The van der Waals surface area contributed by atoms with Gasteiger partial charge < -0.3 is 14.7 Å². The number of carboxylic acids is 1. The van der Waals surface area contributed by atoms with Gasteiger partial charge in [-0.3, -0.25) is 9.59 Å². The standard InChI is InChI=1S/C19H25NO4/c1-24-16-6-4-15(5-7-16)19(10-2-3-11-19)18(23)20-12-8-14(9-13-20)17(21)22/h4-7,14H,2-3,8-13H2,1H3,(H,21,22). The molecular formula is C19H25NO4. The Balaban J connectivity index is 1.80. The lowest BCUT2D eigenvalue weighted by Crippen LogP contribution is -2.49. The van der Waals surface area contributed by atoms with E-state index < -0.39 is 11.4 Å². The minimum atomic E-state index is -0.743. The molecule has 1 aromatic carbocycles. The first-order valence-electron chi connectivity index (χ1n) is 8.73. The van der Waals surface area contributed by atoms with Crippen LogP contribution in [0.4, 0.5) is 0 Å². The van der Waals surface area contributed by atoms with Gasteiger partial charge in [-0.15, -0.1) is 0 Å². The number of carboxylic acid groups (broad SMARTS) is 1. The highest BCUT2D eigenvalue weighted by molar-refractivity contribution is 5.89. The van der Waals surface area contributed by atoms with E-state index in [-0.39, 0.29) is 11.8 Å². The topological polar surface area (TPSA) is 66.8 Å². The Bertz CT molecular complexity index is 596. The van der Waals surface area contributed by atoms with Gasteiger partial charge in [0.1, 0.15) is 5.75 Å². The second-order valence-corrected chi connectivity index (χ2v) is 6.92. The zero-order valence-corrected chi connectivity index (χ0v) is 14.2. The number of amides is 1. The van der Waals surface area contributed by atoms with Gasteiger partial charge in [0.05, 0.1) is 18.4 Å². The van der Waals surface area contributed by atoms with Crippen LogP contribution in [0.15, 0.2) is 24.3 Å². The first-order chi connectivity index (χ1) is 11.6. The number of hydrogen-bond acceptors (Lipinski definition) is 3. The van der Waals surface area contributed by atoms with Gasteiger partial charge in [-0.25, -0.2) is 0 Å². The average molecular weight is 331 g/mol. The molecule has 1 heterocycles. The van der Waals surface area contributed by atoms with E-state index in [2.05, 4.69) is 0 Å². The van der Waals surface area contributed by atoms with Crippen LogP contribution in [0.1, 0.15) is 44.1 Å². The lowest BCUT2D eigenvalue weighted by atomic mass is 9.77. The number of benzene rings is 1. The first kappa shape index (κ1) is 16.8. The molecule has 0 radical (unpaired) electrons. The van der Waals surface area contributed by atoms with Crippen LogP contribution >= 0.6 is 0 Å². The van der Waals surface area contributed by atoms with Crippen molar-refractivity contribution in [2.45, 2.75) is 43.9 Å². The molecule has 0 spiro atoms. The van der Waals surface area contributed by atoms with Gasteiger partial charge in [-0.05, 0) is 43.4 Å². The number of piperidine rings is 1. The Labute approximate surface area is 142 Å². The molecule has 130 valence electrons. The van der Waals surface area contributed by atoms with Gasteiger partial charge in [0.25, 0.3) is 0 Å². The lowest BCUT2D eigenvalue weighted by molar-refractivity contribution is -0.147. The van der Waals surface area contributed by atoms with Gasteiger partial charge in [0, 0.05) is 13.1 Å². The second-order valence-electron chi connectivity index (χ2n) is 6.92. The number of methoxy groups -OCH3 is 1. The Morgan fingerprint density at radius 1 is 1.12 bits per heavy atom. The van der Waals surface area contributed by atoms with Crippen molar-refractivity contribution in [1.82, 2.24) is 4.90 Å². The van der Waals surface area contributed by atoms with Crippen LogP contribution in [-0.4, -0.2) is 42.1 Å². The molecule has 1 saturated carbocycles. The number of carbonyl (C=O) groups is 2. The largest absolute Gasteiger partial charge is 0.497 e. The number of ether oxygens (including phenoxy) is 1. The molecule has 5 heteroatoms. The molecule has 1 aliphatic heterocycles. The number of aliphatic carboxylic acids is 1. The zero-order chi connectivity index (χ0) is 17.2. The highest BCUT2D eigenvalue weighted by atomic mass is 16.5. The summed E-state index contributed by atoms with van der Waals surface area (Å²) in [6, 6.07) is 7.84. The Morgan fingerprint density at radius 2 is 1.71 bits per heavy atom. The number of likely N-dealkylation sites (tertiary alicyclic amines) is 1. The molecule has 1 aromatic rings. The molecule has 5 nitrogen and oxygen atoms in total. The minimum Gasteiger partial charge on any atom is -0.497 e. The number of hydrogen-bond donors (Lipinski definition) is 1. The summed E-state index contributed by atoms with van der Waals surface area (Å²) in [6.07, 6.45) is 4.97. The zero-order valence-electron chi connectivity index (χ0n) is 14.2. The van der Waals surface area contributed by atoms with Crippen LogP contribution in [0.25, 0.3) is 0 Å². The molecule has 24 heavy (non-hydrogen) atoms. The predicted octanol–water partition coefficient (Wildman–Crippen LogP) is 2.83. The van der Waals surface area contributed by atoms with E-state index in [1.807, 2.05) is 29.2 Å². The fourth-order valence-electron chi connectivity index (χ4n) is 4.15. The third-order valence-corrected chi connectivity index (χ3v) is 5.64. The first-order valence-corrected chi connectivity index (χ1v) is 8.73. The molecule has 1 saturated heterocycles. The van der Waals surface area contributed by atoms with E-state index in [4.69, 9.17) is 9.84 Å². The van der Waals surface area contributed by atoms with E-state index in [1.165, 1.54) is 0 Å². The number of nitrogens with zero attached hydrogens (tertiary/aromatic N) is 1. The maximum absolute atomic E-state index is 13.3. The maximum atomic E-state index is 13.3. The van der Waals surface area contributed by atoms with Crippen molar-refractivity contribution in [2.24, 2.45) is 5.92 Å². The third-order valence-electron chi connectivity index (χ3n) is 5.64. The summed E-state index contributed by atoms with van der Waals surface area (Å²) >= 11 is 0. The molecule has 0 aromatic heterocycles. The fraction of sp³-hybridized carbons (Fsp3) is 0.579. The predicted molar refractivity (Wildman–Crippen MR) is 90.1 cm³/mol. The van der Waals surface area contributed by atoms with Crippen molar-refractivity contribution in [3.05, 3.63) is 29.8 Å². The molecule has 2 fully saturated rings. The Hall–Kier alpha value is -2.04. The maximum Gasteiger partial charge on any atom is 0.306 e. The van der Waals surface area contributed by atoms with Gasteiger partial charge in [-0.1, -0.05) is 25.0 Å². The van der Waals surface area contributed by atoms with Crippen molar-refractivity contribution in [3.8, 4) is 5.75 Å². The lowest BCUT2D eigenvalue weighted by Gasteiger charge is -2.38. The van der Waals surface area contributed by atoms with Crippen LogP contribution in [0.3, 0.4) is 0 Å². The molecule has 1 amide bonds. The summed E-state index contributed by atoms with van der Waals surface area (Å²) in [4.78, 5) is 26.3. The van der Waals surface area contributed by atoms with E-state index in [0.717, 1.165) is 37.0 Å². The minimum absolute atomic E-state index is 0.175. The van der Waals surface area contributed by atoms with Gasteiger partial charge in [0.2, 0.25) is 5.91 Å². The van der Waals surface area contributed by atoms with E-state index in [9.17, 15) is 9.59 Å². The molecule has 2 aliphatic rings. The van der Waals surface area contributed by atoms with Crippen LogP contribution in [0.5, 0.6) is 5.75 Å². The monoisotopic (exact) mass is 331 g/mol. The van der Waals surface area contributed by atoms with Crippen molar-refractivity contribution in [1.29, 1.82) is 0 Å². The molecule has 1 N–H and O–H groups in total. The quantitative estimate of drug-likeness (QED) is 0.921. The summed E-state index contributed by atoms with van der Waals surface area (Å²) in [7, 11) is 1.64. The van der Waals surface area contributed by atoms with Crippen LogP contribution in [-0.2, 0) is 15.0 Å². The molecule has 3 rings (SSSR count). The molecule has 0 atom stereocenters. The fourth-order valence-corrected chi connectivity index (χ4v) is 4.15. The van der Waals surface area contributed by atoms with E-state index in [0.29, 0.717) is 25.9 Å². The third kappa shape index (κ3) is 2.99. The smallest absolute Gasteiger partial charge is 0.306 e. The van der Waals surface area contributed by atoms with Crippen LogP contribution < -0.4 is 4.74 Å². The number of carbonyl (C=O) groups excluding carboxylic acids is 1. The van der Waals surface area contributed by atoms with Crippen LogP contribution in [0, 0.1) is 5.92 Å². The summed E-state index contributed by atoms with van der Waals surface area (Å²) in [5.41, 5.74) is 0.619. The Kier molecular flexibility index (Phi) is 4.78. The highest BCUT2D eigenvalue weighted by Crippen LogP contribution is 2.43. The van der Waals surface area contributed by atoms with E-state index >= 15 is 0 Å². The molecule has 0 bridgehead atoms. The SMILES string of the molecule is COc1ccc(C2(C(=O)N3CCC(C(=O)O)CC3)CCCC2)cc1. The average Bonchev–Trinajstić information content (AvgIpc) is 3.12. The highest BCUT2D eigenvalue weighted by Gasteiger charge is 2.45. The van der Waals surface area contributed by atoms with Crippen LogP contribution in [0.2, 0.25) is 0 Å². The van der Waals surface area contributed by atoms with Gasteiger partial charge in [-0.2, -0.15) is 0 Å². The van der Waals surface area contributed by atoms with Gasteiger partial charge >= 0.3 is 5.97 Å². The number of rotatable bonds is 4. The second kappa shape index (κ2) is 6.83. The van der Waals surface area contributed by atoms with Crippen molar-refractivity contribution in [3.63, 3.8) is 0 Å². The summed E-state index contributed by atoms with van der Waals surface area (Å²) < 4.78 is 5.22. The molecular weight excluding hydrogens is 306 g/mol. The van der Waals surface area contributed by atoms with E-state index in [1.54, 1.807) is 7.11 Å². The summed E-state index contributed by atoms with van der Waals surface area (Å²) in [5.74, 6) is -0.0852. The van der Waals surface area contributed by atoms with Crippen molar-refractivity contribution >= 4 is 11.9 Å². The van der Waals surface area contributed by atoms with Crippen molar-refractivity contribution in [2.75, 3.05) is 20.2 Å². The summed E-state index contributed by atoms with van der Waals surface area (Å²) in [6.45, 7) is 1.10.